The Bertz CT molecular complexity index is 892. The van der Waals surface area contributed by atoms with E-state index >= 15 is 0 Å². The molecule has 2 aliphatic rings. The Hall–Kier alpha value is -1.83. The normalized spacial score (nSPS) is 20.8. The SMILES string of the molecule is CN1C(=O)C(c2ccccc2)=C([O-])[N+]2=C(c3cnc(Cl)s3)CSC12. The van der Waals surface area contributed by atoms with E-state index in [1.54, 1.807) is 46.6 Å². The maximum Gasteiger partial charge on any atom is 0.285 e. The molecule has 0 N–H and O–H groups in total. The molecular formula is C16H12ClN3O2S2. The van der Waals surface area contributed by atoms with E-state index in [9.17, 15) is 9.90 Å². The van der Waals surface area contributed by atoms with Crippen LogP contribution < -0.4 is 5.11 Å². The summed E-state index contributed by atoms with van der Waals surface area (Å²) in [7, 11) is 1.73. The monoisotopic (exact) mass is 377 g/mol. The molecule has 0 fully saturated rings. The smallest absolute Gasteiger partial charge is 0.285 e. The molecule has 2 aromatic rings. The molecular weight excluding hydrogens is 366 g/mol. The van der Waals surface area contributed by atoms with Crippen molar-refractivity contribution in [2.45, 2.75) is 5.50 Å². The van der Waals surface area contributed by atoms with E-state index < -0.39 is 0 Å². The van der Waals surface area contributed by atoms with Crippen LogP contribution in [0.5, 0.6) is 0 Å². The van der Waals surface area contributed by atoms with Crippen molar-refractivity contribution in [3.8, 4) is 0 Å². The number of nitrogens with zero attached hydrogens (tertiary/aromatic N) is 3. The highest BCUT2D eigenvalue weighted by atomic mass is 35.5. The first-order valence-electron chi connectivity index (χ1n) is 7.20. The third-order valence-electron chi connectivity index (χ3n) is 4.00. The van der Waals surface area contributed by atoms with Crippen LogP contribution in [0, 0.1) is 0 Å². The molecule has 1 amide bonds. The van der Waals surface area contributed by atoms with Gasteiger partial charge in [-0.1, -0.05) is 65.0 Å². The number of carbonyl (C=O) groups is 1. The number of carbonyl (C=O) groups excluding carboxylic acids is 1. The molecule has 0 spiro atoms. The summed E-state index contributed by atoms with van der Waals surface area (Å²) < 4.78 is 2.13. The van der Waals surface area contributed by atoms with Crippen molar-refractivity contribution in [2.24, 2.45) is 0 Å². The van der Waals surface area contributed by atoms with Gasteiger partial charge in [0.2, 0.25) is 5.71 Å². The number of thiazole rings is 1. The van der Waals surface area contributed by atoms with Crippen LogP contribution >= 0.6 is 34.7 Å². The summed E-state index contributed by atoms with van der Waals surface area (Å²) in [4.78, 5) is 19.3. The summed E-state index contributed by atoms with van der Waals surface area (Å²) in [6.07, 6.45) is 1.68. The predicted octanol–water partition coefficient (Wildman–Crippen LogP) is 1.83. The van der Waals surface area contributed by atoms with Crippen molar-refractivity contribution in [2.75, 3.05) is 12.8 Å². The first-order chi connectivity index (χ1) is 11.6. The van der Waals surface area contributed by atoms with Gasteiger partial charge in [0.25, 0.3) is 11.4 Å². The van der Waals surface area contributed by atoms with Gasteiger partial charge in [0.05, 0.1) is 11.9 Å². The fourth-order valence-corrected chi connectivity index (χ4v) is 5.22. The molecule has 0 aliphatic carbocycles. The van der Waals surface area contributed by atoms with Gasteiger partial charge in [-0.15, -0.1) is 0 Å². The topological polar surface area (TPSA) is 59.3 Å². The number of likely N-dealkylation sites (N-methyl/N-ethyl adjacent to an activating group) is 1. The van der Waals surface area contributed by atoms with Crippen LogP contribution in [0.15, 0.2) is 42.4 Å². The predicted molar refractivity (Wildman–Crippen MR) is 93.9 cm³/mol. The standard InChI is InChI=1S/C16H12ClN3O2S2/c1-19-13(21)12(9-5-3-2-4-6-9)14(22)20-10(8-23-16(19)20)11-7-18-15(17)24-11/h2-7,16H,8H2,1H3. The maximum absolute atomic E-state index is 13.1. The summed E-state index contributed by atoms with van der Waals surface area (Å²) in [5.74, 6) is 0.122. The van der Waals surface area contributed by atoms with Crippen LogP contribution in [0.2, 0.25) is 4.47 Å². The maximum atomic E-state index is 13.1. The average molecular weight is 378 g/mol. The van der Waals surface area contributed by atoms with Gasteiger partial charge in [-0.3, -0.25) is 9.69 Å². The average Bonchev–Trinajstić information content (AvgIpc) is 3.20. The molecule has 3 heterocycles. The van der Waals surface area contributed by atoms with Gasteiger partial charge in [-0.25, -0.2) is 4.98 Å². The molecule has 4 rings (SSSR count). The first kappa shape index (κ1) is 15.7. The largest absolute Gasteiger partial charge is 0.823 e. The first-order valence-corrected chi connectivity index (χ1v) is 9.44. The lowest BCUT2D eigenvalue weighted by atomic mass is 10.0. The third-order valence-corrected chi connectivity index (χ3v) is 6.43. The summed E-state index contributed by atoms with van der Waals surface area (Å²) in [5.41, 5.74) is 1.36. The Morgan fingerprint density at radius 3 is 2.79 bits per heavy atom. The van der Waals surface area contributed by atoms with E-state index in [1.807, 2.05) is 18.2 Å². The highest BCUT2D eigenvalue weighted by Crippen LogP contribution is 2.36. The second kappa shape index (κ2) is 5.91. The van der Waals surface area contributed by atoms with E-state index in [-0.39, 0.29) is 22.9 Å². The Morgan fingerprint density at radius 2 is 2.12 bits per heavy atom. The molecule has 0 saturated carbocycles. The van der Waals surface area contributed by atoms with Crippen molar-refractivity contribution < 1.29 is 14.5 Å². The van der Waals surface area contributed by atoms with Crippen LogP contribution in [0.3, 0.4) is 0 Å². The Kier molecular flexibility index (Phi) is 3.86. The van der Waals surface area contributed by atoms with Crippen molar-refractivity contribution in [1.82, 2.24) is 9.88 Å². The lowest BCUT2D eigenvalue weighted by Crippen LogP contribution is -2.49. The molecule has 8 heteroatoms. The second-order valence-corrected chi connectivity index (χ2v) is 8.05. The Morgan fingerprint density at radius 1 is 1.38 bits per heavy atom. The van der Waals surface area contributed by atoms with Crippen molar-refractivity contribution in [3.05, 3.63) is 57.3 Å². The zero-order valence-corrected chi connectivity index (χ0v) is 15.0. The van der Waals surface area contributed by atoms with Gasteiger partial charge in [-0.2, -0.15) is 4.58 Å². The number of hydrogen-bond donors (Lipinski definition) is 0. The Balaban J connectivity index is 1.94. The van der Waals surface area contributed by atoms with Gasteiger partial charge in [0.15, 0.2) is 10.3 Å². The number of rotatable bonds is 2. The highest BCUT2D eigenvalue weighted by Gasteiger charge is 2.46. The lowest BCUT2D eigenvalue weighted by Gasteiger charge is -2.31. The second-order valence-electron chi connectivity index (χ2n) is 5.39. The third kappa shape index (κ3) is 2.35. The van der Waals surface area contributed by atoms with E-state index in [4.69, 9.17) is 11.6 Å². The van der Waals surface area contributed by atoms with Crippen LogP contribution in [0.4, 0.5) is 0 Å². The van der Waals surface area contributed by atoms with Crippen molar-refractivity contribution >= 4 is 51.9 Å². The zero-order valence-electron chi connectivity index (χ0n) is 12.6. The number of hydrogen-bond acceptors (Lipinski definition) is 5. The van der Waals surface area contributed by atoms with Crippen LogP contribution in [-0.2, 0) is 4.79 Å². The van der Waals surface area contributed by atoms with E-state index in [0.717, 1.165) is 10.6 Å². The molecule has 122 valence electrons. The quantitative estimate of drug-likeness (QED) is 0.749. The van der Waals surface area contributed by atoms with E-state index in [1.165, 1.54) is 11.3 Å². The summed E-state index contributed by atoms with van der Waals surface area (Å²) >= 11 is 8.83. The van der Waals surface area contributed by atoms with Gasteiger partial charge in [0.1, 0.15) is 10.5 Å². The fraction of sp³-hybridized carbons (Fsp3) is 0.188. The number of benzene rings is 1. The Labute approximate surface area is 151 Å². The summed E-state index contributed by atoms with van der Waals surface area (Å²) in [6.45, 7) is 0. The molecule has 0 bridgehead atoms. The van der Waals surface area contributed by atoms with Gasteiger partial charge in [-0.05, 0) is 5.56 Å². The number of halogens is 1. The van der Waals surface area contributed by atoms with Crippen molar-refractivity contribution in [3.63, 3.8) is 0 Å². The highest BCUT2D eigenvalue weighted by molar-refractivity contribution is 8.00. The summed E-state index contributed by atoms with van der Waals surface area (Å²) in [6, 6.07) is 9.07. The number of aromatic nitrogens is 1. The summed E-state index contributed by atoms with van der Waals surface area (Å²) in [5, 5.41) is 13.1. The van der Waals surface area contributed by atoms with Gasteiger partial charge >= 0.3 is 0 Å². The van der Waals surface area contributed by atoms with Crippen molar-refractivity contribution in [1.29, 1.82) is 0 Å². The number of amides is 1. The van der Waals surface area contributed by atoms with Crippen LogP contribution in [-0.4, -0.2) is 44.4 Å². The molecule has 1 atom stereocenters. The molecule has 1 aromatic heterocycles. The number of thioether (sulfide) groups is 1. The van der Waals surface area contributed by atoms with Gasteiger partial charge in [0, 0.05) is 7.05 Å². The molecule has 0 saturated heterocycles. The molecule has 1 unspecified atom stereocenters. The number of fused-ring (bicyclic) bond motifs is 1. The molecule has 2 aliphatic heterocycles. The fourth-order valence-electron chi connectivity index (χ4n) is 2.86. The van der Waals surface area contributed by atoms with Gasteiger partial charge < -0.3 is 5.11 Å². The molecule has 24 heavy (non-hydrogen) atoms. The van der Waals surface area contributed by atoms with Crippen LogP contribution in [0.25, 0.3) is 5.57 Å². The minimum atomic E-state index is -0.326. The van der Waals surface area contributed by atoms with E-state index in [2.05, 4.69) is 4.98 Å². The van der Waals surface area contributed by atoms with E-state index in [0.29, 0.717) is 15.8 Å². The minimum Gasteiger partial charge on any atom is -0.823 e. The van der Waals surface area contributed by atoms with Crippen LogP contribution in [0.1, 0.15) is 10.4 Å². The zero-order chi connectivity index (χ0) is 16.8. The minimum absolute atomic E-state index is 0.199. The lowest BCUT2D eigenvalue weighted by molar-refractivity contribution is -0.621. The molecule has 0 radical (unpaired) electrons. The molecule has 5 nitrogen and oxygen atoms in total. The molecule has 1 aromatic carbocycles.